The van der Waals surface area contributed by atoms with Gasteiger partial charge in [-0.2, -0.15) is 0 Å². The van der Waals surface area contributed by atoms with Crippen molar-refractivity contribution in [2.75, 3.05) is 39.4 Å². The molecular formula is C22H30FN3O2. The quantitative estimate of drug-likeness (QED) is 0.801. The Morgan fingerprint density at radius 1 is 1.29 bits per heavy atom. The predicted molar refractivity (Wildman–Crippen MR) is 108 cm³/mol. The van der Waals surface area contributed by atoms with Gasteiger partial charge in [-0.3, -0.25) is 4.79 Å². The summed E-state index contributed by atoms with van der Waals surface area (Å²) < 4.78 is 19.3. The summed E-state index contributed by atoms with van der Waals surface area (Å²) in [6.07, 6.45) is 4.79. The Balaban J connectivity index is 1.42. The van der Waals surface area contributed by atoms with E-state index >= 15 is 0 Å². The normalized spacial score (nSPS) is 19.9. The van der Waals surface area contributed by atoms with Crippen LogP contribution in [0.4, 0.5) is 4.39 Å². The van der Waals surface area contributed by atoms with Crippen LogP contribution in [0.5, 0.6) is 0 Å². The molecule has 2 N–H and O–H groups in total. The van der Waals surface area contributed by atoms with Gasteiger partial charge in [0.05, 0.1) is 6.42 Å². The Bertz CT molecular complexity index is 836. The van der Waals surface area contributed by atoms with Crippen LogP contribution >= 0.6 is 0 Å². The highest BCUT2D eigenvalue weighted by Gasteiger charge is 2.35. The zero-order valence-corrected chi connectivity index (χ0v) is 16.7. The maximum absolute atomic E-state index is 13.7. The molecule has 0 unspecified atom stereocenters. The van der Waals surface area contributed by atoms with Crippen LogP contribution in [0.2, 0.25) is 0 Å². The predicted octanol–water partition coefficient (Wildman–Crippen LogP) is 3.17. The first-order chi connectivity index (χ1) is 13.5. The number of rotatable bonds is 6. The van der Waals surface area contributed by atoms with E-state index in [1.54, 1.807) is 6.07 Å². The number of hydrogen-bond donors (Lipinski definition) is 2. The lowest BCUT2D eigenvalue weighted by Crippen LogP contribution is -2.48. The van der Waals surface area contributed by atoms with Crippen molar-refractivity contribution in [3.63, 3.8) is 0 Å². The van der Waals surface area contributed by atoms with E-state index in [9.17, 15) is 9.18 Å². The van der Waals surface area contributed by atoms with Crippen molar-refractivity contribution in [3.05, 3.63) is 35.3 Å². The summed E-state index contributed by atoms with van der Waals surface area (Å²) >= 11 is 0. The maximum Gasteiger partial charge on any atom is 0.224 e. The first-order valence-electron chi connectivity index (χ1n) is 10.4. The van der Waals surface area contributed by atoms with Gasteiger partial charge in [-0.1, -0.05) is 0 Å². The summed E-state index contributed by atoms with van der Waals surface area (Å²) in [5.41, 5.74) is 2.78. The molecule has 1 aromatic heterocycles. The molecule has 152 valence electrons. The minimum absolute atomic E-state index is 0.000509. The molecule has 5 nitrogen and oxygen atoms in total. The van der Waals surface area contributed by atoms with Gasteiger partial charge in [-0.15, -0.1) is 0 Å². The van der Waals surface area contributed by atoms with E-state index in [1.807, 2.05) is 6.92 Å². The van der Waals surface area contributed by atoms with E-state index in [-0.39, 0.29) is 23.6 Å². The summed E-state index contributed by atoms with van der Waals surface area (Å²) in [7, 11) is 0. The van der Waals surface area contributed by atoms with E-state index < -0.39 is 0 Å². The number of ether oxygens (including phenoxy) is 1. The third kappa shape index (κ3) is 4.23. The van der Waals surface area contributed by atoms with Crippen LogP contribution in [0.25, 0.3) is 10.9 Å². The Labute approximate surface area is 165 Å². The lowest BCUT2D eigenvalue weighted by atomic mass is 9.79. The number of amides is 1. The number of carbonyl (C=O) groups is 1. The molecule has 0 bridgehead atoms. The van der Waals surface area contributed by atoms with E-state index in [0.717, 1.165) is 67.8 Å². The van der Waals surface area contributed by atoms with Crippen molar-refractivity contribution < 1.29 is 13.9 Å². The fraction of sp³-hybridized carbons (Fsp3) is 0.591. The average molecular weight is 387 g/mol. The molecule has 0 spiro atoms. The summed E-state index contributed by atoms with van der Waals surface area (Å²) in [6, 6.07) is 4.68. The molecular weight excluding hydrogens is 357 g/mol. The summed E-state index contributed by atoms with van der Waals surface area (Å²) in [6.45, 7) is 7.52. The third-order valence-corrected chi connectivity index (χ3v) is 6.39. The number of aromatic amines is 1. The monoisotopic (exact) mass is 387 g/mol. The number of nitrogens with one attached hydrogen (secondary N) is 2. The lowest BCUT2D eigenvalue weighted by molar-refractivity contribution is -0.121. The number of carbonyl (C=O) groups excluding carboxylic acids is 1. The molecule has 4 rings (SSSR count). The highest BCUT2D eigenvalue weighted by molar-refractivity contribution is 5.90. The Morgan fingerprint density at radius 2 is 2.04 bits per heavy atom. The van der Waals surface area contributed by atoms with E-state index in [0.29, 0.717) is 6.54 Å². The van der Waals surface area contributed by atoms with Gasteiger partial charge < -0.3 is 19.9 Å². The van der Waals surface area contributed by atoms with E-state index in [4.69, 9.17) is 4.74 Å². The second kappa shape index (κ2) is 8.21. The van der Waals surface area contributed by atoms with Crippen molar-refractivity contribution in [3.8, 4) is 0 Å². The van der Waals surface area contributed by atoms with Crippen molar-refractivity contribution in [1.29, 1.82) is 0 Å². The molecule has 3 heterocycles. The number of benzene rings is 1. The Hall–Kier alpha value is -1.92. The van der Waals surface area contributed by atoms with Crippen LogP contribution in [-0.4, -0.2) is 55.2 Å². The molecule has 2 aromatic rings. The number of hydrogen-bond acceptors (Lipinski definition) is 3. The average Bonchev–Trinajstić information content (AvgIpc) is 3.29. The summed E-state index contributed by atoms with van der Waals surface area (Å²) in [5, 5.41) is 3.98. The molecule has 2 saturated heterocycles. The smallest absolute Gasteiger partial charge is 0.224 e. The minimum atomic E-state index is -0.278. The van der Waals surface area contributed by atoms with Crippen LogP contribution in [0, 0.1) is 18.2 Å². The number of aryl methyl sites for hydroxylation is 1. The van der Waals surface area contributed by atoms with Gasteiger partial charge in [0, 0.05) is 48.3 Å². The maximum atomic E-state index is 13.7. The third-order valence-electron chi connectivity index (χ3n) is 6.39. The molecule has 0 atom stereocenters. The van der Waals surface area contributed by atoms with E-state index in [1.165, 1.54) is 25.0 Å². The Kier molecular flexibility index (Phi) is 5.69. The molecule has 6 heteroatoms. The first-order valence-corrected chi connectivity index (χ1v) is 10.4. The van der Waals surface area contributed by atoms with E-state index in [2.05, 4.69) is 15.2 Å². The van der Waals surface area contributed by atoms with Gasteiger partial charge in [0.15, 0.2) is 0 Å². The number of fused-ring (bicyclic) bond motifs is 1. The van der Waals surface area contributed by atoms with Crippen LogP contribution in [-0.2, 0) is 16.0 Å². The molecule has 0 radical (unpaired) electrons. The van der Waals surface area contributed by atoms with Crippen molar-refractivity contribution in [2.45, 2.75) is 39.0 Å². The van der Waals surface area contributed by atoms with Gasteiger partial charge in [-0.05, 0) is 69.5 Å². The Morgan fingerprint density at radius 3 is 2.79 bits per heavy atom. The molecule has 1 aromatic carbocycles. The molecule has 2 aliphatic heterocycles. The number of likely N-dealkylation sites (tertiary alicyclic amines) is 1. The zero-order valence-electron chi connectivity index (χ0n) is 16.7. The lowest BCUT2D eigenvalue weighted by Gasteiger charge is -2.40. The van der Waals surface area contributed by atoms with Gasteiger partial charge in [-0.25, -0.2) is 4.39 Å². The number of H-pyrrole nitrogens is 1. The minimum Gasteiger partial charge on any atom is -0.381 e. The molecule has 2 aliphatic rings. The molecule has 1 amide bonds. The van der Waals surface area contributed by atoms with Crippen molar-refractivity contribution >= 4 is 16.8 Å². The van der Waals surface area contributed by atoms with Gasteiger partial charge >= 0.3 is 0 Å². The molecule has 2 fully saturated rings. The van der Waals surface area contributed by atoms with Gasteiger partial charge in [0.25, 0.3) is 0 Å². The standard InChI is InChI=1S/C22H30FN3O2/c1-16-18(19-12-17(23)4-5-20(19)25-16)13-21(27)24-14-22(6-10-28-11-7-22)15-26-8-2-3-9-26/h4-5,12,25H,2-3,6-11,13-15H2,1H3,(H,24,27). The SMILES string of the molecule is Cc1[nH]c2ccc(F)cc2c1CC(=O)NCC1(CN2CCCC2)CCOCC1. The topological polar surface area (TPSA) is 57.4 Å². The molecule has 28 heavy (non-hydrogen) atoms. The second-order valence-electron chi connectivity index (χ2n) is 8.47. The summed E-state index contributed by atoms with van der Waals surface area (Å²) in [4.78, 5) is 18.5. The van der Waals surface area contributed by atoms with Crippen LogP contribution in [0.3, 0.4) is 0 Å². The first kappa shape index (κ1) is 19.4. The summed E-state index contributed by atoms with van der Waals surface area (Å²) in [5.74, 6) is -0.277. The molecule has 0 saturated carbocycles. The van der Waals surface area contributed by atoms with Crippen LogP contribution in [0.1, 0.15) is 36.9 Å². The van der Waals surface area contributed by atoms with Crippen molar-refractivity contribution in [1.82, 2.24) is 15.2 Å². The number of aromatic nitrogens is 1. The fourth-order valence-corrected chi connectivity index (χ4v) is 4.70. The van der Waals surface area contributed by atoms with Crippen LogP contribution in [0.15, 0.2) is 18.2 Å². The van der Waals surface area contributed by atoms with Gasteiger partial charge in [0.1, 0.15) is 5.82 Å². The second-order valence-corrected chi connectivity index (χ2v) is 8.47. The largest absolute Gasteiger partial charge is 0.381 e. The van der Waals surface area contributed by atoms with Gasteiger partial charge in [0.2, 0.25) is 5.91 Å². The fourth-order valence-electron chi connectivity index (χ4n) is 4.70. The zero-order chi connectivity index (χ0) is 19.6. The number of halogens is 1. The highest BCUT2D eigenvalue weighted by Crippen LogP contribution is 2.32. The highest BCUT2D eigenvalue weighted by atomic mass is 19.1. The molecule has 0 aliphatic carbocycles. The number of nitrogens with zero attached hydrogens (tertiary/aromatic N) is 1. The van der Waals surface area contributed by atoms with Crippen LogP contribution < -0.4 is 5.32 Å². The van der Waals surface area contributed by atoms with Crippen molar-refractivity contribution in [2.24, 2.45) is 5.41 Å².